The summed E-state index contributed by atoms with van der Waals surface area (Å²) >= 11 is 2.41. The number of fused-ring (bicyclic) bond motifs is 7. The van der Waals surface area contributed by atoms with E-state index in [9.17, 15) is 67.7 Å². The lowest BCUT2D eigenvalue weighted by Crippen LogP contribution is -2.78. The van der Waals surface area contributed by atoms with Gasteiger partial charge in [-0.1, -0.05) is 64.0 Å². The third-order valence-corrected chi connectivity index (χ3v) is 18.9. The number of ether oxygens (including phenoxy) is 1. The van der Waals surface area contributed by atoms with Gasteiger partial charge < -0.3 is 92.8 Å². The van der Waals surface area contributed by atoms with Crippen molar-refractivity contribution in [1.29, 1.82) is 0 Å². The second kappa shape index (κ2) is 40.1. The standard InChI is InChI=1S/C67H96N16O17S2/c1-37(2)56-64(97)78-46(27-40-30-72-43-15-9-8-14-42(40)43)58(91)73-31-52(84)76-45(18-19-54(86)87)60(93)80-49(57(68)90)35-101-33-38-24-39-26-41(25-38)99-22-10-6-7-11-23-100-74-32-53(85)75-44(16-12-20-71-66(69)70)59(92)81-50(36-102-34-39)65(98)83-21-13-17-51(83)63(96)79-48(29-67(3,4)5)62(95)77-47(28-55(88)89)61(94)82-56/h8-9,14-15,24-26,30,32,37,44-51,56,72H,6-7,10-13,16-23,27-29,31,33-36H2,1-5H3,(H2,68,90)(H,73,91)(H,75,85)(H,76,84)(H,77,95)(H,78,97)(H,79,96)(H,80,93)(H,81,92)(H,82,94)(H,86,87)(H,88,89)(H4,69,70,71)/p-1/b74-32+/t44-,45-,46-,47-,48-,49-,50-,51-,56-/m0/s1. The number of carboxylic acids is 2. The number of primary amides is 1. The van der Waals surface area contributed by atoms with Crippen LogP contribution < -0.4 is 85.0 Å². The quantitative estimate of drug-likeness (QED) is 0.0409. The van der Waals surface area contributed by atoms with Gasteiger partial charge in [-0.15, -0.1) is 0 Å². The largest absolute Gasteiger partial charge is 0.550 e. The number of thioether (sulfide) groups is 2. The molecule has 3 aromatic rings. The van der Waals surface area contributed by atoms with Crippen LogP contribution in [0, 0.1) is 11.3 Å². The lowest BCUT2D eigenvalue weighted by Gasteiger charge is -2.32. The van der Waals surface area contributed by atoms with Crippen LogP contribution in [0.1, 0.15) is 128 Å². The molecule has 0 aliphatic carbocycles. The second-order valence-electron chi connectivity index (χ2n) is 26.7. The molecule has 9 atom stereocenters. The number of oxime groups is 1. The van der Waals surface area contributed by atoms with Gasteiger partial charge in [0.05, 0.1) is 19.7 Å². The molecule has 0 saturated carbocycles. The Morgan fingerprint density at radius 3 is 2.02 bits per heavy atom. The normalized spacial score (nSPS) is 24.3. The van der Waals surface area contributed by atoms with Gasteiger partial charge in [-0.25, -0.2) is 0 Å². The summed E-state index contributed by atoms with van der Waals surface area (Å²) < 4.78 is 6.27. The molecule has 0 spiro atoms. The first-order chi connectivity index (χ1) is 48.4. The molecule has 1 fully saturated rings. The fraction of sp³-hybridized carbons (Fsp3) is 0.567. The number of amides is 11. The fourth-order valence-electron chi connectivity index (χ4n) is 11.5. The Morgan fingerprint density at radius 2 is 1.34 bits per heavy atom. The Kier molecular flexibility index (Phi) is 32.0. The summed E-state index contributed by atoms with van der Waals surface area (Å²) in [5.74, 6) is -13.8. The summed E-state index contributed by atoms with van der Waals surface area (Å²) in [4.78, 5) is 193. The van der Waals surface area contributed by atoms with Gasteiger partial charge in [-0.05, 0) is 117 Å². The zero-order valence-electron chi connectivity index (χ0n) is 57.9. The molecule has 2 aromatic carbocycles. The van der Waals surface area contributed by atoms with E-state index in [4.69, 9.17) is 26.8 Å². The smallest absolute Gasteiger partial charge is 0.338 e. The van der Waals surface area contributed by atoms with Crippen molar-refractivity contribution in [2.75, 3.05) is 44.4 Å². The molecule has 4 heterocycles. The molecule has 1 aromatic heterocycles. The van der Waals surface area contributed by atoms with Crippen molar-refractivity contribution in [3.05, 3.63) is 65.4 Å². The van der Waals surface area contributed by atoms with E-state index in [1.165, 1.54) is 42.3 Å². The molecule has 6 rings (SSSR count). The van der Waals surface area contributed by atoms with E-state index in [0.717, 1.165) is 19.1 Å². The summed E-state index contributed by atoms with van der Waals surface area (Å²) in [6.45, 7) is 8.17. The summed E-state index contributed by atoms with van der Waals surface area (Å²) in [5, 5.41) is 51.7. The minimum absolute atomic E-state index is 0.00288. The molecule has 4 bridgehead atoms. The molecule has 102 heavy (non-hydrogen) atoms. The van der Waals surface area contributed by atoms with E-state index in [2.05, 4.69) is 63.0 Å². The molecule has 558 valence electrons. The number of H-pyrrole nitrogens is 1. The Labute approximate surface area is 598 Å². The zero-order valence-corrected chi connectivity index (χ0v) is 59.5. The van der Waals surface area contributed by atoms with Crippen LogP contribution in [0.5, 0.6) is 5.75 Å². The van der Waals surface area contributed by atoms with Crippen molar-refractivity contribution in [2.24, 2.45) is 33.7 Å². The number of nitrogens with two attached hydrogens (primary N) is 3. The Hall–Kier alpha value is -9.67. The minimum Gasteiger partial charge on any atom is -0.550 e. The summed E-state index contributed by atoms with van der Waals surface area (Å²) in [6.07, 6.45) is 3.06. The van der Waals surface area contributed by atoms with E-state index >= 15 is 4.79 Å². The molecule has 0 radical (unpaired) electrons. The number of carbonyl (C=O) groups is 13. The average Bonchev–Trinajstić information content (AvgIpc) is 1.63. The Morgan fingerprint density at radius 1 is 0.696 bits per heavy atom. The van der Waals surface area contributed by atoms with Crippen molar-refractivity contribution >= 4 is 124 Å². The summed E-state index contributed by atoms with van der Waals surface area (Å²) in [5.41, 5.74) is 18.9. The SMILES string of the molecule is CC(C)[C@@H]1NC(=O)[C@H](CC(=O)[O-])NC(=O)[C@H](CC(C)(C)C)NC(=O)[C@@H]2CCCN2C(=O)[C@@H]2CSCc3cc(cc(c3)OCCCCCCO/N=C/C(=O)N[C@@H](CCC[NH+]=C(N)N)C(=O)N2)CSC[C@@H](C(N)=O)NC(=O)[C@H](CCC(=O)[O-])NC(=O)CNC(=O)[C@H](Cc2c[nH]c3ccccc23)NC1=O. The number of aromatic nitrogens is 1. The second-order valence-corrected chi connectivity index (χ2v) is 28.8. The van der Waals surface area contributed by atoms with E-state index < -0.39 is 168 Å². The third-order valence-electron chi connectivity index (χ3n) is 16.7. The van der Waals surface area contributed by atoms with Gasteiger partial charge in [0, 0.05) is 71.4 Å². The number of aromatic amines is 1. The van der Waals surface area contributed by atoms with Crippen LogP contribution in [0.15, 0.2) is 53.8 Å². The maximum absolute atomic E-state index is 15.2. The third kappa shape index (κ3) is 27.0. The molecule has 11 amide bonds. The van der Waals surface area contributed by atoms with E-state index in [0.29, 0.717) is 52.8 Å². The number of hydrogen-bond acceptors (Lipinski definition) is 20. The van der Waals surface area contributed by atoms with Crippen molar-refractivity contribution < 1.29 is 87.1 Å². The van der Waals surface area contributed by atoms with E-state index in [-0.39, 0.29) is 87.2 Å². The molecule has 33 nitrogen and oxygen atoms in total. The average molecular weight is 1460 g/mol. The minimum atomic E-state index is -1.95. The summed E-state index contributed by atoms with van der Waals surface area (Å²) in [7, 11) is 0. The highest BCUT2D eigenvalue weighted by molar-refractivity contribution is 7.98. The summed E-state index contributed by atoms with van der Waals surface area (Å²) in [6, 6.07) is -0.969. The maximum Gasteiger partial charge on any atom is 0.338 e. The molecule has 1 saturated heterocycles. The lowest BCUT2D eigenvalue weighted by atomic mass is 9.87. The highest BCUT2D eigenvalue weighted by atomic mass is 32.2. The van der Waals surface area contributed by atoms with Crippen LogP contribution in [-0.2, 0) is 85.1 Å². The topological polar surface area (TPSA) is 518 Å². The lowest BCUT2D eigenvalue weighted by molar-refractivity contribution is -0.459. The fourth-order valence-corrected chi connectivity index (χ4v) is 13.5. The number of guanidine groups is 1. The van der Waals surface area contributed by atoms with Gasteiger partial charge in [0.25, 0.3) is 5.91 Å². The van der Waals surface area contributed by atoms with Gasteiger partial charge in [-0.2, -0.15) is 23.5 Å². The number of carboxylic acid groups (broad SMARTS) is 2. The Balaban J connectivity index is 1.41. The number of carbonyl (C=O) groups excluding carboxylic acids is 13. The molecule has 17 N–H and O–H groups in total. The van der Waals surface area contributed by atoms with Crippen molar-refractivity contribution in [2.45, 2.75) is 184 Å². The number of para-hydroxylation sites is 1. The number of aliphatic carboxylic acids is 2. The number of nitrogens with zero attached hydrogens (tertiary/aromatic N) is 2. The molecular weight excluding hydrogens is 1360 g/mol. The van der Waals surface area contributed by atoms with Crippen LogP contribution in [-0.4, -0.2) is 198 Å². The van der Waals surface area contributed by atoms with Crippen LogP contribution in [0.2, 0.25) is 0 Å². The molecular formula is C67H95N16O17S2-. The van der Waals surface area contributed by atoms with Gasteiger partial charge in [0.15, 0.2) is 0 Å². The van der Waals surface area contributed by atoms with Crippen molar-refractivity contribution in [1.82, 2.24) is 57.7 Å². The predicted molar refractivity (Wildman–Crippen MR) is 373 cm³/mol. The molecule has 3 aliphatic rings. The Bertz CT molecular complexity index is 3540. The first-order valence-electron chi connectivity index (χ1n) is 33.9. The van der Waals surface area contributed by atoms with Gasteiger partial charge >= 0.3 is 5.96 Å². The van der Waals surface area contributed by atoms with Crippen molar-refractivity contribution in [3.8, 4) is 5.75 Å². The van der Waals surface area contributed by atoms with E-state index in [1.54, 1.807) is 63.4 Å². The maximum atomic E-state index is 15.2. The first-order valence-corrected chi connectivity index (χ1v) is 36.2. The van der Waals surface area contributed by atoms with Crippen LogP contribution >= 0.6 is 23.5 Å². The first kappa shape index (κ1) is 81.3. The number of hydrogen-bond donors (Lipinski definition) is 14. The number of rotatable bonds is 14. The number of nitrogens with one attached hydrogen (secondary N) is 11. The van der Waals surface area contributed by atoms with Gasteiger partial charge in [0.1, 0.15) is 72.9 Å². The highest BCUT2D eigenvalue weighted by Crippen LogP contribution is 2.28. The van der Waals surface area contributed by atoms with Crippen LogP contribution in [0.3, 0.4) is 0 Å². The molecule has 0 unspecified atom stereocenters. The van der Waals surface area contributed by atoms with Gasteiger partial charge in [-0.3, -0.25) is 69.2 Å². The van der Waals surface area contributed by atoms with Crippen molar-refractivity contribution in [3.63, 3.8) is 0 Å². The zero-order chi connectivity index (χ0) is 74.6. The predicted octanol–water partition coefficient (Wildman–Crippen LogP) is -4.79. The van der Waals surface area contributed by atoms with E-state index in [1.807, 2.05) is 6.07 Å². The highest BCUT2D eigenvalue weighted by Gasteiger charge is 2.41. The number of benzene rings is 2. The van der Waals surface area contributed by atoms with Crippen LogP contribution in [0.25, 0.3) is 10.9 Å². The van der Waals surface area contributed by atoms with Crippen LogP contribution in [0.4, 0.5) is 0 Å². The monoisotopic (exact) mass is 1460 g/mol. The molecule has 3 aliphatic heterocycles. The van der Waals surface area contributed by atoms with Gasteiger partial charge in [0.2, 0.25) is 59.1 Å². The molecule has 35 heteroatoms.